The van der Waals surface area contributed by atoms with E-state index < -0.39 is 5.72 Å². The summed E-state index contributed by atoms with van der Waals surface area (Å²) in [5, 5.41) is 0. The molecule has 1 aliphatic carbocycles. The van der Waals surface area contributed by atoms with Crippen molar-refractivity contribution in [3.63, 3.8) is 0 Å². The van der Waals surface area contributed by atoms with Crippen LogP contribution in [-0.4, -0.2) is 35.3 Å². The van der Waals surface area contributed by atoms with Gasteiger partial charge in [-0.15, -0.1) is 0 Å². The van der Waals surface area contributed by atoms with Gasteiger partial charge >= 0.3 is 0 Å². The summed E-state index contributed by atoms with van der Waals surface area (Å²) in [6.07, 6.45) is 2.66. The fraction of sp³-hybridized carbons (Fsp3) is 0.458. The highest BCUT2D eigenvalue weighted by atomic mass is 16.6. The number of rotatable bonds is 5. The third-order valence-corrected chi connectivity index (χ3v) is 6.31. The number of carbonyl (C=O) groups is 1. The number of nitrogens with zero attached hydrogens (tertiary/aromatic N) is 1. The lowest BCUT2D eigenvalue weighted by atomic mass is 9.91. The number of hydrogen-bond acceptors (Lipinski definition) is 3. The maximum absolute atomic E-state index is 13.9. The van der Waals surface area contributed by atoms with Gasteiger partial charge in [-0.3, -0.25) is 4.79 Å². The molecule has 0 radical (unpaired) electrons. The molecular weight excluding hydrogens is 350 g/mol. The molecular formula is C24H27NO3. The highest BCUT2D eigenvalue weighted by Gasteiger charge is 2.54. The molecule has 2 heterocycles. The monoisotopic (exact) mass is 377 g/mol. The van der Waals surface area contributed by atoms with Gasteiger partial charge < -0.3 is 14.4 Å². The highest BCUT2D eigenvalue weighted by Crippen LogP contribution is 2.49. The van der Waals surface area contributed by atoms with Gasteiger partial charge in [-0.1, -0.05) is 54.6 Å². The van der Waals surface area contributed by atoms with Crippen LogP contribution in [0.4, 0.5) is 0 Å². The molecule has 146 valence electrons. The van der Waals surface area contributed by atoms with Crippen LogP contribution in [0.1, 0.15) is 43.0 Å². The zero-order chi connectivity index (χ0) is 19.3. The fourth-order valence-electron chi connectivity index (χ4n) is 5.00. The summed E-state index contributed by atoms with van der Waals surface area (Å²) in [4.78, 5) is 15.9. The Kier molecular flexibility index (Phi) is 4.29. The lowest BCUT2D eigenvalue weighted by molar-refractivity contribution is -0.152. The van der Waals surface area contributed by atoms with Gasteiger partial charge in [-0.05, 0) is 43.4 Å². The Bertz CT molecular complexity index is 874. The molecule has 0 N–H and O–H groups in total. The molecule has 5 rings (SSSR count). The number of carbonyl (C=O) groups excluding carboxylic acids is 1. The summed E-state index contributed by atoms with van der Waals surface area (Å²) in [5.41, 5.74) is 3.14. The van der Waals surface area contributed by atoms with Gasteiger partial charge in [-0.2, -0.15) is 0 Å². The first-order chi connectivity index (χ1) is 13.5. The first kappa shape index (κ1) is 17.9. The molecule has 0 spiro atoms. The molecule has 4 atom stereocenters. The zero-order valence-corrected chi connectivity index (χ0v) is 16.5. The van der Waals surface area contributed by atoms with E-state index in [1.54, 1.807) is 0 Å². The minimum atomic E-state index is -0.598. The third-order valence-electron chi connectivity index (χ3n) is 6.31. The van der Waals surface area contributed by atoms with E-state index in [2.05, 4.69) is 36.4 Å². The van der Waals surface area contributed by atoms with Crippen LogP contribution in [-0.2, 0) is 27.1 Å². The van der Waals surface area contributed by atoms with E-state index in [1.165, 1.54) is 16.7 Å². The molecule has 1 amide bonds. The molecule has 4 nitrogen and oxygen atoms in total. The van der Waals surface area contributed by atoms with E-state index in [-0.39, 0.29) is 30.1 Å². The van der Waals surface area contributed by atoms with Crippen molar-refractivity contribution in [2.24, 2.45) is 5.92 Å². The van der Waals surface area contributed by atoms with E-state index in [0.717, 1.165) is 25.9 Å². The minimum absolute atomic E-state index is 0.0112. The molecule has 4 heteroatoms. The maximum atomic E-state index is 13.9. The third kappa shape index (κ3) is 3.15. The van der Waals surface area contributed by atoms with Gasteiger partial charge in [0.05, 0.1) is 24.9 Å². The highest BCUT2D eigenvalue weighted by molar-refractivity contribution is 5.81. The van der Waals surface area contributed by atoms with Crippen molar-refractivity contribution < 1.29 is 14.3 Å². The Balaban J connectivity index is 1.46. The molecule has 2 saturated heterocycles. The van der Waals surface area contributed by atoms with Crippen LogP contribution in [0, 0.1) is 5.92 Å². The van der Waals surface area contributed by atoms with Crippen LogP contribution >= 0.6 is 0 Å². The van der Waals surface area contributed by atoms with Crippen molar-refractivity contribution in [1.29, 1.82) is 0 Å². The lowest BCUT2D eigenvalue weighted by Crippen LogP contribution is -2.48. The van der Waals surface area contributed by atoms with Gasteiger partial charge in [0.15, 0.2) is 0 Å². The van der Waals surface area contributed by atoms with E-state index >= 15 is 0 Å². The Morgan fingerprint density at radius 2 is 1.86 bits per heavy atom. The van der Waals surface area contributed by atoms with Crippen LogP contribution in [0.3, 0.4) is 0 Å². The van der Waals surface area contributed by atoms with E-state index in [1.807, 2.05) is 36.9 Å². The average Bonchev–Trinajstić information content (AvgIpc) is 3.37. The summed E-state index contributed by atoms with van der Waals surface area (Å²) < 4.78 is 11.9. The van der Waals surface area contributed by atoms with Crippen molar-refractivity contribution in [3.05, 3.63) is 71.3 Å². The summed E-state index contributed by atoms with van der Waals surface area (Å²) in [6.45, 7) is 4.82. The second-order valence-electron chi connectivity index (χ2n) is 8.74. The van der Waals surface area contributed by atoms with Crippen LogP contribution in [0.25, 0.3) is 0 Å². The van der Waals surface area contributed by atoms with E-state index in [9.17, 15) is 4.79 Å². The zero-order valence-electron chi connectivity index (χ0n) is 16.5. The number of benzene rings is 2. The van der Waals surface area contributed by atoms with Gasteiger partial charge in [0, 0.05) is 12.3 Å². The summed E-state index contributed by atoms with van der Waals surface area (Å²) in [5.74, 6) is 0.0952. The van der Waals surface area contributed by atoms with Gasteiger partial charge in [0.1, 0.15) is 5.72 Å². The van der Waals surface area contributed by atoms with Crippen molar-refractivity contribution in [1.82, 2.24) is 4.90 Å². The first-order valence-electron chi connectivity index (χ1n) is 10.3. The SMILES string of the molecule is CC1(C)OC2Cc3ccccc3C2N1C(=O)[C@H](Cc1ccccc1)C[C@H]1CO1. The molecule has 3 aliphatic rings. The number of epoxide rings is 1. The van der Waals surface area contributed by atoms with Gasteiger partial charge in [-0.25, -0.2) is 0 Å². The van der Waals surface area contributed by atoms with Crippen molar-refractivity contribution in [3.8, 4) is 0 Å². The Morgan fingerprint density at radius 1 is 1.14 bits per heavy atom. The molecule has 0 aromatic heterocycles. The molecule has 2 unspecified atom stereocenters. The molecule has 0 bridgehead atoms. The maximum Gasteiger partial charge on any atom is 0.228 e. The van der Waals surface area contributed by atoms with Crippen LogP contribution < -0.4 is 0 Å². The predicted octanol–water partition coefficient (Wildman–Crippen LogP) is 3.90. The minimum Gasteiger partial charge on any atom is -0.373 e. The molecule has 2 aromatic rings. The van der Waals surface area contributed by atoms with Crippen LogP contribution in [0.5, 0.6) is 0 Å². The predicted molar refractivity (Wildman–Crippen MR) is 107 cm³/mol. The standard InChI is InChI=1S/C24H27NO3/c1-24(2)25(22-20-11-7-6-10-17(20)14-21(22)28-24)23(26)18(13-19-15-27-19)12-16-8-4-3-5-9-16/h3-11,18-19,21-22H,12-15H2,1-2H3/t18-,19+,21?,22?/m1/s1. The lowest BCUT2D eigenvalue weighted by Gasteiger charge is -2.36. The Labute approximate surface area is 166 Å². The quantitative estimate of drug-likeness (QED) is 0.743. The van der Waals surface area contributed by atoms with Crippen LogP contribution in [0.2, 0.25) is 0 Å². The number of fused-ring (bicyclic) bond motifs is 3. The topological polar surface area (TPSA) is 42.1 Å². The molecule has 0 saturated carbocycles. The summed E-state index contributed by atoms with van der Waals surface area (Å²) in [6, 6.07) is 18.8. The van der Waals surface area contributed by atoms with E-state index in [4.69, 9.17) is 9.47 Å². The summed E-state index contributed by atoms with van der Waals surface area (Å²) >= 11 is 0. The van der Waals surface area contributed by atoms with Gasteiger partial charge in [0.2, 0.25) is 5.91 Å². The smallest absolute Gasteiger partial charge is 0.228 e. The Morgan fingerprint density at radius 3 is 2.61 bits per heavy atom. The average molecular weight is 377 g/mol. The normalized spacial score (nSPS) is 27.9. The van der Waals surface area contributed by atoms with Crippen LogP contribution in [0.15, 0.2) is 54.6 Å². The largest absolute Gasteiger partial charge is 0.373 e. The second kappa shape index (κ2) is 6.71. The Hall–Kier alpha value is -2.17. The first-order valence-corrected chi connectivity index (χ1v) is 10.3. The fourth-order valence-corrected chi connectivity index (χ4v) is 5.00. The number of hydrogen-bond donors (Lipinski definition) is 0. The molecule has 28 heavy (non-hydrogen) atoms. The molecule has 2 aromatic carbocycles. The summed E-state index contributed by atoms with van der Waals surface area (Å²) in [7, 11) is 0. The van der Waals surface area contributed by atoms with Crippen molar-refractivity contribution >= 4 is 5.91 Å². The second-order valence-corrected chi connectivity index (χ2v) is 8.74. The number of ether oxygens (including phenoxy) is 2. The molecule has 2 fully saturated rings. The van der Waals surface area contributed by atoms with Crippen molar-refractivity contribution in [2.75, 3.05) is 6.61 Å². The van der Waals surface area contributed by atoms with Gasteiger partial charge in [0.25, 0.3) is 0 Å². The molecule has 2 aliphatic heterocycles. The van der Waals surface area contributed by atoms with E-state index in [0.29, 0.717) is 0 Å². The number of amides is 1. The van der Waals surface area contributed by atoms with Crippen molar-refractivity contribution in [2.45, 2.75) is 57.1 Å².